The number of benzene rings is 1. The summed E-state index contributed by atoms with van der Waals surface area (Å²) in [4.78, 5) is 11.8. The van der Waals surface area contributed by atoms with Crippen molar-refractivity contribution in [3.05, 3.63) is 56.3 Å². The number of hydrogen-bond acceptors (Lipinski definition) is 5. The second kappa shape index (κ2) is 7.02. The first-order valence-electron chi connectivity index (χ1n) is 6.28. The number of thiophene rings is 1. The largest absolute Gasteiger partial charge is 0.486 e. The predicted octanol–water partition coefficient (Wildman–Crippen LogP) is 3.00. The molecule has 106 valence electrons. The molecule has 2 rings (SSSR count). The first kappa shape index (κ1) is 14.5. The minimum Gasteiger partial charge on any atom is -0.486 e. The molecule has 5 nitrogen and oxygen atoms in total. The molecule has 0 aliphatic rings. The van der Waals surface area contributed by atoms with Crippen LogP contribution in [-0.4, -0.2) is 18.6 Å². The number of nitro groups is 1. The highest BCUT2D eigenvalue weighted by atomic mass is 32.1. The van der Waals surface area contributed by atoms with Gasteiger partial charge in [-0.25, -0.2) is 0 Å². The van der Waals surface area contributed by atoms with Crippen LogP contribution in [0.4, 0.5) is 5.69 Å². The van der Waals surface area contributed by atoms with E-state index in [-0.39, 0.29) is 5.69 Å². The molecule has 6 heteroatoms. The third-order valence-electron chi connectivity index (χ3n) is 2.79. The standard InChI is InChI=1S/C14H16N2O3S/c1-15-10-11-4-5-13(16(17)18)14(9-11)19-7-6-12-3-2-8-20-12/h2-5,8-9,15H,6-7,10H2,1H3. The van der Waals surface area contributed by atoms with Gasteiger partial charge in [0.25, 0.3) is 0 Å². The molecular formula is C14H16N2O3S. The van der Waals surface area contributed by atoms with E-state index < -0.39 is 4.92 Å². The van der Waals surface area contributed by atoms with Crippen LogP contribution in [0.5, 0.6) is 5.75 Å². The average Bonchev–Trinajstić information content (AvgIpc) is 2.92. The third kappa shape index (κ3) is 3.79. The summed E-state index contributed by atoms with van der Waals surface area (Å²) in [5.41, 5.74) is 0.972. The zero-order chi connectivity index (χ0) is 14.4. The summed E-state index contributed by atoms with van der Waals surface area (Å²) < 4.78 is 5.60. The Morgan fingerprint density at radius 1 is 1.40 bits per heavy atom. The lowest BCUT2D eigenvalue weighted by Gasteiger charge is -2.08. The van der Waals surface area contributed by atoms with Crippen molar-refractivity contribution in [2.45, 2.75) is 13.0 Å². The van der Waals surface area contributed by atoms with Gasteiger partial charge in [-0.1, -0.05) is 12.1 Å². The lowest BCUT2D eigenvalue weighted by molar-refractivity contribution is -0.385. The summed E-state index contributed by atoms with van der Waals surface area (Å²) in [5, 5.41) is 16.0. The summed E-state index contributed by atoms with van der Waals surface area (Å²) in [5.74, 6) is 0.333. The highest BCUT2D eigenvalue weighted by Crippen LogP contribution is 2.28. The summed E-state index contributed by atoms with van der Waals surface area (Å²) in [6, 6.07) is 8.97. The lowest BCUT2D eigenvalue weighted by Crippen LogP contribution is -2.07. The Balaban J connectivity index is 2.06. The van der Waals surface area contributed by atoms with E-state index >= 15 is 0 Å². The van der Waals surface area contributed by atoms with Crippen LogP contribution in [0.25, 0.3) is 0 Å². The van der Waals surface area contributed by atoms with Crippen LogP contribution in [0.3, 0.4) is 0 Å². The minimum absolute atomic E-state index is 0.0102. The van der Waals surface area contributed by atoms with Crippen LogP contribution in [0.1, 0.15) is 10.4 Å². The molecule has 1 heterocycles. The van der Waals surface area contributed by atoms with Crippen LogP contribution in [0.15, 0.2) is 35.7 Å². The Morgan fingerprint density at radius 2 is 2.25 bits per heavy atom. The van der Waals surface area contributed by atoms with E-state index in [2.05, 4.69) is 5.32 Å². The van der Waals surface area contributed by atoms with Crippen molar-refractivity contribution in [2.75, 3.05) is 13.7 Å². The Hall–Kier alpha value is -1.92. The number of rotatable bonds is 7. The highest BCUT2D eigenvalue weighted by Gasteiger charge is 2.15. The van der Waals surface area contributed by atoms with Gasteiger partial charge in [0.1, 0.15) is 0 Å². The van der Waals surface area contributed by atoms with Crippen LogP contribution in [0.2, 0.25) is 0 Å². The second-order valence-corrected chi connectivity index (χ2v) is 5.30. The molecule has 0 aliphatic heterocycles. The van der Waals surface area contributed by atoms with Crippen molar-refractivity contribution in [3.63, 3.8) is 0 Å². The molecule has 0 spiro atoms. The maximum Gasteiger partial charge on any atom is 0.310 e. The van der Waals surface area contributed by atoms with Crippen LogP contribution >= 0.6 is 11.3 Å². The first-order valence-corrected chi connectivity index (χ1v) is 7.16. The van der Waals surface area contributed by atoms with Gasteiger partial charge in [-0.15, -0.1) is 11.3 Å². The molecule has 0 bridgehead atoms. The van der Waals surface area contributed by atoms with Crippen molar-refractivity contribution in [3.8, 4) is 5.75 Å². The molecule has 2 aromatic rings. The van der Waals surface area contributed by atoms with E-state index in [0.29, 0.717) is 18.9 Å². The fourth-order valence-electron chi connectivity index (χ4n) is 1.86. The normalized spacial score (nSPS) is 10.4. The van der Waals surface area contributed by atoms with Crippen molar-refractivity contribution in [2.24, 2.45) is 0 Å². The topological polar surface area (TPSA) is 64.4 Å². The van der Waals surface area contributed by atoms with Gasteiger partial charge in [0.15, 0.2) is 5.75 Å². The van der Waals surface area contributed by atoms with Crippen LogP contribution in [0, 0.1) is 10.1 Å². The van der Waals surface area contributed by atoms with Gasteiger partial charge < -0.3 is 10.1 Å². The van der Waals surface area contributed by atoms with Crippen LogP contribution in [-0.2, 0) is 13.0 Å². The minimum atomic E-state index is -0.413. The second-order valence-electron chi connectivity index (χ2n) is 4.27. The summed E-state index contributed by atoms with van der Waals surface area (Å²) in [6.07, 6.45) is 0.755. The summed E-state index contributed by atoms with van der Waals surface area (Å²) in [6.45, 7) is 1.09. The molecule has 0 amide bonds. The smallest absolute Gasteiger partial charge is 0.310 e. The van der Waals surface area contributed by atoms with E-state index in [1.165, 1.54) is 10.9 Å². The molecule has 0 radical (unpaired) electrons. The number of nitrogens with one attached hydrogen (secondary N) is 1. The zero-order valence-corrected chi connectivity index (χ0v) is 12.0. The van der Waals surface area contributed by atoms with Gasteiger partial charge in [-0.05, 0) is 30.1 Å². The van der Waals surface area contributed by atoms with Crippen molar-refractivity contribution < 1.29 is 9.66 Å². The molecule has 0 atom stereocenters. The van der Waals surface area contributed by atoms with E-state index in [9.17, 15) is 10.1 Å². The van der Waals surface area contributed by atoms with Crippen molar-refractivity contribution >= 4 is 17.0 Å². The molecule has 0 unspecified atom stereocenters. The Bertz CT molecular complexity index is 570. The molecular weight excluding hydrogens is 276 g/mol. The molecule has 20 heavy (non-hydrogen) atoms. The number of nitrogens with zero attached hydrogens (tertiary/aromatic N) is 1. The molecule has 1 aromatic carbocycles. The molecule has 1 aromatic heterocycles. The number of ether oxygens (including phenoxy) is 1. The van der Waals surface area contributed by atoms with Crippen LogP contribution < -0.4 is 10.1 Å². The van der Waals surface area contributed by atoms with Crippen molar-refractivity contribution in [1.29, 1.82) is 0 Å². The molecule has 0 saturated heterocycles. The number of nitro benzene ring substituents is 1. The fraction of sp³-hybridized carbons (Fsp3) is 0.286. The van der Waals surface area contributed by atoms with Gasteiger partial charge in [0, 0.05) is 23.9 Å². The molecule has 0 saturated carbocycles. The first-order chi connectivity index (χ1) is 9.70. The van der Waals surface area contributed by atoms with Gasteiger partial charge in [-0.2, -0.15) is 0 Å². The fourth-order valence-corrected chi connectivity index (χ4v) is 2.55. The summed E-state index contributed by atoms with van der Waals surface area (Å²) in [7, 11) is 1.83. The highest BCUT2D eigenvalue weighted by molar-refractivity contribution is 7.09. The van der Waals surface area contributed by atoms with Gasteiger partial charge in [-0.3, -0.25) is 10.1 Å². The van der Waals surface area contributed by atoms with E-state index in [0.717, 1.165) is 12.0 Å². The summed E-state index contributed by atoms with van der Waals surface area (Å²) >= 11 is 1.66. The number of hydrogen-bond donors (Lipinski definition) is 1. The monoisotopic (exact) mass is 292 g/mol. The Kier molecular flexibility index (Phi) is 5.09. The maximum atomic E-state index is 11.0. The Labute approximate surface area is 121 Å². The lowest BCUT2D eigenvalue weighted by atomic mass is 10.2. The van der Waals surface area contributed by atoms with Gasteiger partial charge in [0.2, 0.25) is 0 Å². The van der Waals surface area contributed by atoms with E-state index in [1.807, 2.05) is 24.6 Å². The van der Waals surface area contributed by atoms with Gasteiger partial charge >= 0.3 is 5.69 Å². The predicted molar refractivity (Wildman–Crippen MR) is 79.4 cm³/mol. The van der Waals surface area contributed by atoms with Crippen molar-refractivity contribution in [1.82, 2.24) is 5.32 Å². The maximum absolute atomic E-state index is 11.0. The average molecular weight is 292 g/mol. The van der Waals surface area contributed by atoms with Gasteiger partial charge in [0.05, 0.1) is 11.5 Å². The molecule has 1 N–H and O–H groups in total. The third-order valence-corrected chi connectivity index (χ3v) is 3.72. The van der Waals surface area contributed by atoms with E-state index in [1.54, 1.807) is 23.5 Å². The zero-order valence-electron chi connectivity index (χ0n) is 11.2. The van der Waals surface area contributed by atoms with E-state index in [4.69, 9.17) is 4.74 Å². The molecule has 0 fully saturated rings. The quantitative estimate of drug-likeness (QED) is 0.629. The Morgan fingerprint density at radius 3 is 2.90 bits per heavy atom. The molecule has 0 aliphatic carbocycles. The SMILES string of the molecule is CNCc1ccc([N+](=O)[O-])c(OCCc2cccs2)c1.